The van der Waals surface area contributed by atoms with Crippen LogP contribution in [0.4, 0.5) is 0 Å². The quantitative estimate of drug-likeness (QED) is 0.165. The summed E-state index contributed by atoms with van der Waals surface area (Å²) in [5, 5.41) is 3.01. The van der Waals surface area contributed by atoms with Gasteiger partial charge in [0.25, 0.3) is 0 Å². The molecule has 0 aromatic rings. The molecule has 7 heteroatoms. The zero-order chi connectivity index (χ0) is 29.7. The van der Waals surface area contributed by atoms with Crippen LogP contribution in [0.25, 0.3) is 0 Å². The summed E-state index contributed by atoms with van der Waals surface area (Å²) in [5.41, 5.74) is -1.02. The second kappa shape index (κ2) is 16.5. The minimum absolute atomic E-state index is 0.113. The Morgan fingerprint density at radius 2 is 1.24 bits per heavy atom. The number of carbonyl (C=O) groups excluding carboxylic acids is 1. The summed E-state index contributed by atoms with van der Waals surface area (Å²) >= 11 is 0. The molecule has 0 aliphatic carbocycles. The Morgan fingerprint density at radius 1 is 0.711 bits per heavy atom. The maximum Gasteiger partial charge on any atom is 0.220 e. The van der Waals surface area contributed by atoms with Crippen LogP contribution in [0.5, 0.6) is 0 Å². The van der Waals surface area contributed by atoms with Crippen molar-refractivity contribution in [2.75, 3.05) is 47.2 Å². The minimum atomic E-state index is -0.405. The molecule has 0 saturated heterocycles. The van der Waals surface area contributed by atoms with Crippen molar-refractivity contribution in [3.05, 3.63) is 0 Å². The van der Waals surface area contributed by atoms with Gasteiger partial charge in [0.05, 0.1) is 42.2 Å². The van der Waals surface area contributed by atoms with Gasteiger partial charge in [0.15, 0.2) is 0 Å². The highest BCUT2D eigenvalue weighted by molar-refractivity contribution is 5.75. The van der Waals surface area contributed by atoms with Crippen molar-refractivity contribution >= 4 is 5.91 Å². The number of rotatable bonds is 21. The third-order valence-electron chi connectivity index (χ3n) is 7.41. The van der Waals surface area contributed by atoms with Crippen LogP contribution >= 0.6 is 0 Å². The number of nitrogens with one attached hydrogen (secondary N) is 1. The van der Waals surface area contributed by atoms with Crippen LogP contribution in [0.2, 0.25) is 0 Å². The lowest BCUT2D eigenvalue weighted by Gasteiger charge is -2.40. The van der Waals surface area contributed by atoms with Crippen molar-refractivity contribution in [1.82, 2.24) is 5.32 Å². The Balaban J connectivity index is 4.94. The molecule has 38 heavy (non-hydrogen) atoms. The van der Waals surface area contributed by atoms with Crippen molar-refractivity contribution in [3.8, 4) is 0 Å². The zero-order valence-electron chi connectivity index (χ0n) is 27.3. The van der Waals surface area contributed by atoms with Crippen LogP contribution in [-0.2, 0) is 28.5 Å². The van der Waals surface area contributed by atoms with Crippen LogP contribution < -0.4 is 5.32 Å². The molecule has 228 valence electrons. The average molecular weight is 546 g/mol. The highest BCUT2D eigenvalue weighted by atomic mass is 16.5. The maximum absolute atomic E-state index is 12.1. The Hall–Kier alpha value is -0.730. The molecule has 0 spiro atoms. The number of methoxy groups -OCH3 is 2. The van der Waals surface area contributed by atoms with Crippen LogP contribution in [0.3, 0.4) is 0 Å². The molecular formula is C31H63NO6. The average Bonchev–Trinajstić information content (AvgIpc) is 2.78. The minimum Gasteiger partial charge on any atom is -0.381 e. The van der Waals surface area contributed by atoms with Gasteiger partial charge in [0.2, 0.25) is 5.91 Å². The highest BCUT2D eigenvalue weighted by Crippen LogP contribution is 2.32. The molecule has 0 bridgehead atoms. The van der Waals surface area contributed by atoms with E-state index in [0.29, 0.717) is 39.4 Å². The Kier molecular flexibility index (Phi) is 16.2. The van der Waals surface area contributed by atoms with E-state index in [1.807, 2.05) is 0 Å². The maximum atomic E-state index is 12.1. The summed E-state index contributed by atoms with van der Waals surface area (Å²) in [5.74, 6) is 0.238. The number of ether oxygens (including phenoxy) is 5. The van der Waals surface area contributed by atoms with Crippen molar-refractivity contribution in [2.45, 2.75) is 137 Å². The molecule has 0 saturated carbocycles. The molecule has 0 aliphatic heterocycles. The SMILES string of the molecule is COC(C)(C)CCOC(C)(C)CC(COCCCNC(=O)CCC(C)(C)C)C(C)(C)OCCC(C)(C)OC. The Morgan fingerprint density at radius 3 is 1.74 bits per heavy atom. The third kappa shape index (κ3) is 18.5. The van der Waals surface area contributed by atoms with Gasteiger partial charge in [-0.25, -0.2) is 0 Å². The van der Waals surface area contributed by atoms with Gasteiger partial charge < -0.3 is 29.0 Å². The standard InChI is InChI=1S/C31H63NO6/c1-27(2,3)16-15-26(33)32-19-14-20-36-24-25(31(10,11)38-22-18-29(6,7)35-13)23-30(8,9)37-21-17-28(4,5)34-12/h25H,14-24H2,1-13H3,(H,32,33). The van der Waals surface area contributed by atoms with E-state index in [0.717, 1.165) is 32.1 Å². The normalized spacial score (nSPS) is 14.6. The molecular weight excluding hydrogens is 482 g/mol. The molecule has 0 heterocycles. The van der Waals surface area contributed by atoms with Gasteiger partial charge in [0, 0.05) is 39.7 Å². The predicted octanol–water partition coefficient (Wildman–Crippen LogP) is 6.56. The molecule has 0 aromatic heterocycles. The van der Waals surface area contributed by atoms with E-state index in [1.165, 1.54) is 0 Å². The summed E-state index contributed by atoms with van der Waals surface area (Å²) in [6.45, 7) is 26.3. The van der Waals surface area contributed by atoms with E-state index < -0.39 is 5.60 Å². The van der Waals surface area contributed by atoms with Crippen LogP contribution in [0, 0.1) is 11.3 Å². The van der Waals surface area contributed by atoms with Crippen molar-refractivity contribution in [2.24, 2.45) is 11.3 Å². The first-order valence-electron chi connectivity index (χ1n) is 14.5. The molecule has 0 aliphatic rings. The van der Waals surface area contributed by atoms with Gasteiger partial charge in [0.1, 0.15) is 0 Å². The van der Waals surface area contributed by atoms with E-state index in [1.54, 1.807) is 14.2 Å². The Bertz CT molecular complexity index is 651. The predicted molar refractivity (Wildman–Crippen MR) is 157 cm³/mol. The van der Waals surface area contributed by atoms with Crippen LogP contribution in [0.15, 0.2) is 0 Å². The summed E-state index contributed by atoms with van der Waals surface area (Å²) < 4.78 is 30.0. The molecule has 1 N–H and O–H groups in total. The van der Waals surface area contributed by atoms with Crippen molar-refractivity contribution in [3.63, 3.8) is 0 Å². The number of carbonyl (C=O) groups is 1. The molecule has 0 rings (SSSR count). The summed E-state index contributed by atoms with van der Waals surface area (Å²) in [4.78, 5) is 12.1. The topological polar surface area (TPSA) is 75.2 Å². The second-order valence-electron chi connectivity index (χ2n) is 14.2. The van der Waals surface area contributed by atoms with E-state index >= 15 is 0 Å². The summed E-state index contributed by atoms with van der Waals surface area (Å²) in [7, 11) is 3.47. The first-order valence-corrected chi connectivity index (χ1v) is 14.5. The lowest BCUT2D eigenvalue weighted by atomic mass is 9.82. The van der Waals surface area contributed by atoms with Crippen molar-refractivity contribution in [1.29, 1.82) is 0 Å². The number of hydrogen-bond acceptors (Lipinski definition) is 6. The lowest BCUT2D eigenvalue weighted by molar-refractivity contribution is -0.130. The fraction of sp³-hybridized carbons (Fsp3) is 0.968. The largest absolute Gasteiger partial charge is 0.381 e. The third-order valence-corrected chi connectivity index (χ3v) is 7.41. The fourth-order valence-corrected chi connectivity index (χ4v) is 3.82. The molecule has 0 fully saturated rings. The Labute approximate surface area is 235 Å². The fourth-order valence-electron chi connectivity index (χ4n) is 3.82. The van der Waals surface area contributed by atoms with Gasteiger partial charge in [-0.1, -0.05) is 20.8 Å². The first kappa shape index (κ1) is 37.3. The van der Waals surface area contributed by atoms with E-state index in [-0.39, 0.29) is 34.0 Å². The van der Waals surface area contributed by atoms with E-state index in [2.05, 4.69) is 81.5 Å². The lowest BCUT2D eigenvalue weighted by Crippen LogP contribution is -2.43. The molecule has 1 unspecified atom stereocenters. The number of amides is 1. The first-order chi connectivity index (χ1) is 17.2. The van der Waals surface area contributed by atoms with Crippen LogP contribution in [-0.4, -0.2) is 75.5 Å². The van der Waals surface area contributed by atoms with Crippen molar-refractivity contribution < 1.29 is 28.5 Å². The van der Waals surface area contributed by atoms with Gasteiger partial charge in [-0.2, -0.15) is 0 Å². The van der Waals surface area contributed by atoms with Gasteiger partial charge in [-0.3, -0.25) is 4.79 Å². The van der Waals surface area contributed by atoms with E-state index in [9.17, 15) is 4.79 Å². The van der Waals surface area contributed by atoms with Gasteiger partial charge in [-0.15, -0.1) is 0 Å². The summed E-state index contributed by atoms with van der Waals surface area (Å²) in [6.07, 6.45) is 4.65. The van der Waals surface area contributed by atoms with Crippen LogP contribution in [0.1, 0.15) is 115 Å². The summed E-state index contributed by atoms with van der Waals surface area (Å²) in [6, 6.07) is 0. The van der Waals surface area contributed by atoms with Gasteiger partial charge >= 0.3 is 0 Å². The van der Waals surface area contributed by atoms with E-state index in [4.69, 9.17) is 23.7 Å². The molecule has 7 nitrogen and oxygen atoms in total. The number of hydrogen-bond donors (Lipinski definition) is 1. The molecule has 1 amide bonds. The monoisotopic (exact) mass is 545 g/mol. The molecule has 0 radical (unpaired) electrons. The smallest absolute Gasteiger partial charge is 0.220 e. The molecule has 0 aromatic carbocycles. The molecule has 1 atom stereocenters. The second-order valence-corrected chi connectivity index (χ2v) is 14.2. The zero-order valence-corrected chi connectivity index (χ0v) is 27.3. The highest BCUT2D eigenvalue weighted by Gasteiger charge is 2.36. The van der Waals surface area contributed by atoms with Gasteiger partial charge in [-0.05, 0) is 92.9 Å².